The molecular formula is C16H18BrClN2S. The van der Waals surface area contributed by atoms with E-state index in [1.165, 1.54) is 0 Å². The molecule has 0 unspecified atom stereocenters. The van der Waals surface area contributed by atoms with Crippen molar-refractivity contribution in [2.24, 2.45) is 5.92 Å². The highest BCUT2D eigenvalue weighted by Gasteiger charge is 2.11. The third-order valence-corrected chi connectivity index (χ3v) is 5.24. The Hall–Kier alpha value is -0.550. The van der Waals surface area contributed by atoms with Gasteiger partial charge in [0.05, 0.1) is 4.47 Å². The van der Waals surface area contributed by atoms with E-state index in [1.807, 2.05) is 24.3 Å². The van der Waals surface area contributed by atoms with Crippen LogP contribution in [0, 0.1) is 5.92 Å². The van der Waals surface area contributed by atoms with E-state index in [2.05, 4.69) is 46.1 Å². The van der Waals surface area contributed by atoms with Crippen LogP contribution in [0.25, 0.3) is 0 Å². The SMILES string of the molecule is CC(C)CNCc1c(Cl)cccc1Sc1ncccc1Br. The molecule has 0 aliphatic heterocycles. The van der Waals surface area contributed by atoms with Crippen LogP contribution in [-0.4, -0.2) is 11.5 Å². The van der Waals surface area contributed by atoms with Gasteiger partial charge in [-0.15, -0.1) is 0 Å². The molecular weight excluding hydrogens is 368 g/mol. The van der Waals surface area contributed by atoms with Gasteiger partial charge in [-0.05, 0) is 58.2 Å². The maximum Gasteiger partial charge on any atom is 0.115 e. The molecule has 1 aromatic heterocycles. The quantitative estimate of drug-likeness (QED) is 0.721. The third-order valence-electron chi connectivity index (χ3n) is 2.86. The van der Waals surface area contributed by atoms with Gasteiger partial charge in [-0.25, -0.2) is 4.98 Å². The summed E-state index contributed by atoms with van der Waals surface area (Å²) < 4.78 is 0.996. The van der Waals surface area contributed by atoms with Crippen LogP contribution in [0.3, 0.4) is 0 Å². The van der Waals surface area contributed by atoms with E-state index in [0.29, 0.717) is 5.92 Å². The summed E-state index contributed by atoms with van der Waals surface area (Å²) in [7, 11) is 0. The van der Waals surface area contributed by atoms with Gasteiger partial charge < -0.3 is 5.32 Å². The molecule has 5 heteroatoms. The van der Waals surface area contributed by atoms with E-state index in [0.717, 1.165) is 38.1 Å². The average Bonchev–Trinajstić information content (AvgIpc) is 2.44. The Balaban J connectivity index is 2.19. The van der Waals surface area contributed by atoms with E-state index in [4.69, 9.17) is 11.6 Å². The molecule has 1 aromatic carbocycles. The summed E-state index contributed by atoms with van der Waals surface area (Å²) in [5, 5.41) is 5.20. The van der Waals surface area contributed by atoms with Crippen LogP contribution in [-0.2, 0) is 6.54 Å². The van der Waals surface area contributed by atoms with Crippen LogP contribution < -0.4 is 5.32 Å². The molecule has 2 nitrogen and oxygen atoms in total. The van der Waals surface area contributed by atoms with Gasteiger partial charge >= 0.3 is 0 Å². The van der Waals surface area contributed by atoms with Crippen molar-refractivity contribution >= 4 is 39.3 Å². The van der Waals surface area contributed by atoms with E-state index in [1.54, 1.807) is 18.0 Å². The van der Waals surface area contributed by atoms with Crippen molar-refractivity contribution in [1.29, 1.82) is 0 Å². The van der Waals surface area contributed by atoms with Gasteiger partial charge in [-0.3, -0.25) is 0 Å². The molecule has 0 saturated heterocycles. The van der Waals surface area contributed by atoms with Gasteiger partial charge in [0, 0.05) is 22.7 Å². The largest absolute Gasteiger partial charge is 0.312 e. The Morgan fingerprint density at radius 1 is 1.29 bits per heavy atom. The van der Waals surface area contributed by atoms with Crippen molar-refractivity contribution < 1.29 is 0 Å². The van der Waals surface area contributed by atoms with Crippen molar-refractivity contribution in [3.05, 3.63) is 51.6 Å². The van der Waals surface area contributed by atoms with Crippen molar-refractivity contribution in [1.82, 2.24) is 10.3 Å². The molecule has 21 heavy (non-hydrogen) atoms. The number of pyridine rings is 1. The summed E-state index contributed by atoms with van der Waals surface area (Å²) in [4.78, 5) is 5.54. The molecule has 0 fully saturated rings. The first-order valence-corrected chi connectivity index (χ1v) is 8.83. The Kier molecular flexibility index (Phi) is 6.55. The number of nitrogens with one attached hydrogen (secondary N) is 1. The van der Waals surface area contributed by atoms with Crippen LogP contribution in [0.2, 0.25) is 5.02 Å². The number of halogens is 2. The van der Waals surface area contributed by atoms with Gasteiger partial charge in [0.25, 0.3) is 0 Å². The molecule has 0 aliphatic carbocycles. The van der Waals surface area contributed by atoms with Gasteiger partial charge in [0.1, 0.15) is 5.03 Å². The minimum atomic E-state index is 0.619. The Bertz CT molecular complexity index is 605. The number of nitrogens with zero attached hydrogens (tertiary/aromatic N) is 1. The number of hydrogen-bond acceptors (Lipinski definition) is 3. The molecule has 0 saturated carbocycles. The molecule has 1 heterocycles. The molecule has 2 rings (SSSR count). The first kappa shape index (κ1) is 16.8. The zero-order chi connectivity index (χ0) is 15.2. The summed E-state index contributed by atoms with van der Waals surface area (Å²) in [6, 6.07) is 9.91. The lowest BCUT2D eigenvalue weighted by Gasteiger charge is -2.13. The molecule has 1 N–H and O–H groups in total. The lowest BCUT2D eigenvalue weighted by molar-refractivity contribution is 0.550. The summed E-state index contributed by atoms with van der Waals surface area (Å²) in [6.45, 7) is 6.13. The number of aromatic nitrogens is 1. The first-order valence-electron chi connectivity index (χ1n) is 6.84. The lowest BCUT2D eigenvalue weighted by Crippen LogP contribution is -2.19. The topological polar surface area (TPSA) is 24.9 Å². The predicted molar refractivity (Wildman–Crippen MR) is 94.1 cm³/mol. The Labute approximate surface area is 143 Å². The monoisotopic (exact) mass is 384 g/mol. The summed E-state index contributed by atoms with van der Waals surface area (Å²) in [5.41, 5.74) is 1.13. The lowest BCUT2D eigenvalue weighted by atomic mass is 10.2. The summed E-state index contributed by atoms with van der Waals surface area (Å²) in [5.74, 6) is 0.619. The summed E-state index contributed by atoms with van der Waals surface area (Å²) in [6.07, 6.45) is 1.80. The summed E-state index contributed by atoms with van der Waals surface area (Å²) >= 11 is 11.5. The predicted octanol–water partition coefficient (Wildman–Crippen LogP) is 5.39. The molecule has 2 aromatic rings. The molecule has 0 bridgehead atoms. The standard InChI is InChI=1S/C16H18BrClN2S/c1-11(2)9-19-10-12-14(18)6-3-7-15(12)21-16-13(17)5-4-8-20-16/h3-8,11,19H,9-10H2,1-2H3. The van der Waals surface area contributed by atoms with Gasteiger partial charge in [0.15, 0.2) is 0 Å². The molecule has 0 atom stereocenters. The maximum atomic E-state index is 6.37. The Morgan fingerprint density at radius 3 is 2.81 bits per heavy atom. The highest BCUT2D eigenvalue weighted by molar-refractivity contribution is 9.10. The maximum absolute atomic E-state index is 6.37. The van der Waals surface area contributed by atoms with Crippen molar-refractivity contribution in [3.8, 4) is 0 Å². The minimum Gasteiger partial charge on any atom is -0.312 e. The average molecular weight is 386 g/mol. The fourth-order valence-corrected chi connectivity index (χ4v) is 3.58. The van der Waals surface area contributed by atoms with Crippen molar-refractivity contribution in [3.63, 3.8) is 0 Å². The molecule has 112 valence electrons. The third kappa shape index (κ3) is 4.99. The van der Waals surface area contributed by atoms with Crippen LogP contribution in [0.15, 0.2) is 50.9 Å². The normalized spacial score (nSPS) is 11.1. The smallest absolute Gasteiger partial charge is 0.115 e. The van der Waals surface area contributed by atoms with Gasteiger partial charge in [-0.1, -0.05) is 43.3 Å². The van der Waals surface area contributed by atoms with Gasteiger partial charge in [0.2, 0.25) is 0 Å². The highest BCUT2D eigenvalue weighted by atomic mass is 79.9. The van der Waals surface area contributed by atoms with Crippen LogP contribution in [0.5, 0.6) is 0 Å². The second kappa shape index (κ2) is 8.18. The Morgan fingerprint density at radius 2 is 2.10 bits per heavy atom. The number of hydrogen-bond donors (Lipinski definition) is 1. The van der Waals surface area contributed by atoms with Gasteiger partial charge in [-0.2, -0.15) is 0 Å². The van der Waals surface area contributed by atoms with Crippen molar-refractivity contribution in [2.45, 2.75) is 30.3 Å². The first-order chi connectivity index (χ1) is 10.1. The zero-order valence-electron chi connectivity index (χ0n) is 12.1. The molecule has 0 radical (unpaired) electrons. The zero-order valence-corrected chi connectivity index (χ0v) is 15.2. The van der Waals surface area contributed by atoms with E-state index >= 15 is 0 Å². The van der Waals surface area contributed by atoms with Crippen molar-refractivity contribution in [2.75, 3.05) is 6.54 Å². The van der Waals surface area contributed by atoms with E-state index in [9.17, 15) is 0 Å². The van der Waals surface area contributed by atoms with E-state index in [-0.39, 0.29) is 0 Å². The minimum absolute atomic E-state index is 0.619. The van der Waals surface area contributed by atoms with E-state index < -0.39 is 0 Å². The fourth-order valence-electron chi connectivity index (χ4n) is 1.84. The number of rotatable bonds is 6. The highest BCUT2D eigenvalue weighted by Crippen LogP contribution is 2.35. The van der Waals surface area contributed by atoms with Crippen LogP contribution >= 0.6 is 39.3 Å². The van der Waals surface area contributed by atoms with Crippen LogP contribution in [0.1, 0.15) is 19.4 Å². The number of benzene rings is 1. The molecule has 0 spiro atoms. The second-order valence-electron chi connectivity index (χ2n) is 5.13. The fraction of sp³-hybridized carbons (Fsp3) is 0.312. The molecule has 0 aliphatic rings. The molecule has 0 amide bonds. The second-order valence-corrected chi connectivity index (χ2v) is 7.43. The van der Waals surface area contributed by atoms with Crippen LogP contribution in [0.4, 0.5) is 0 Å².